The summed E-state index contributed by atoms with van der Waals surface area (Å²) in [4.78, 5) is 13.3. The zero-order valence-corrected chi connectivity index (χ0v) is 12.8. The highest BCUT2D eigenvalue weighted by molar-refractivity contribution is 5.67. The van der Waals surface area contributed by atoms with E-state index in [2.05, 4.69) is 41.5 Å². The molecule has 0 aliphatic carbocycles. The first-order chi connectivity index (χ1) is 10.1. The number of benzene rings is 1. The molecule has 1 aromatic carbocycles. The largest absolute Gasteiger partial charge is 0.481 e. The maximum absolute atomic E-state index is 11.0. The van der Waals surface area contributed by atoms with E-state index in [4.69, 9.17) is 5.11 Å². The fourth-order valence-electron chi connectivity index (χ4n) is 3.17. The molecule has 0 aromatic heterocycles. The predicted octanol–water partition coefficient (Wildman–Crippen LogP) is 2.21. The number of hydrogen-bond donors (Lipinski definition) is 2. The summed E-state index contributed by atoms with van der Waals surface area (Å²) >= 11 is 0. The van der Waals surface area contributed by atoms with E-state index in [-0.39, 0.29) is 0 Å². The minimum Gasteiger partial charge on any atom is -0.481 e. The van der Waals surface area contributed by atoms with Gasteiger partial charge in [0.2, 0.25) is 0 Å². The van der Waals surface area contributed by atoms with Crippen LogP contribution in [0.1, 0.15) is 24.8 Å². The summed E-state index contributed by atoms with van der Waals surface area (Å²) in [6.07, 6.45) is 2.36. The maximum atomic E-state index is 11.0. The molecule has 2 N–H and O–H groups in total. The number of aliphatic carboxylic acids is 1. The first kappa shape index (κ1) is 16.0. The molecule has 0 unspecified atom stereocenters. The molecule has 2 rings (SSSR count). The molecular weight excluding hydrogens is 264 g/mol. The van der Waals surface area contributed by atoms with Crippen molar-refractivity contribution < 1.29 is 9.90 Å². The second-order valence-corrected chi connectivity index (χ2v) is 6.12. The molecule has 0 bridgehead atoms. The zero-order chi connectivity index (χ0) is 15.1. The Morgan fingerprint density at radius 1 is 1.33 bits per heavy atom. The van der Waals surface area contributed by atoms with Gasteiger partial charge in [0.25, 0.3) is 0 Å². The van der Waals surface area contributed by atoms with Crippen LogP contribution >= 0.6 is 0 Å². The van der Waals surface area contributed by atoms with E-state index in [1.54, 1.807) is 0 Å². The molecule has 0 amide bonds. The molecule has 1 aliphatic rings. The number of hydrogen-bond acceptors (Lipinski definition) is 3. The van der Waals surface area contributed by atoms with E-state index in [0.717, 1.165) is 39.0 Å². The molecule has 1 heterocycles. The van der Waals surface area contributed by atoms with Crippen LogP contribution < -0.4 is 5.32 Å². The van der Waals surface area contributed by atoms with Crippen LogP contribution in [-0.2, 0) is 11.3 Å². The molecule has 1 fully saturated rings. The van der Waals surface area contributed by atoms with Crippen LogP contribution in [0.25, 0.3) is 0 Å². The van der Waals surface area contributed by atoms with Crippen molar-refractivity contribution in [2.45, 2.75) is 25.8 Å². The molecule has 0 saturated carbocycles. The standard InChI is InChI=1S/C17H26N2O2/c1-19(13-14-5-3-2-4-6-14)10-8-16-12-18-9-7-15(16)11-17(20)21/h2-6,15-16,18H,7-13H2,1H3,(H,20,21)/t15-,16-/m1/s1. The Morgan fingerprint density at radius 3 is 2.81 bits per heavy atom. The Labute approximate surface area is 127 Å². The Hall–Kier alpha value is -1.39. The lowest BCUT2D eigenvalue weighted by Gasteiger charge is -2.32. The van der Waals surface area contributed by atoms with Gasteiger partial charge >= 0.3 is 5.97 Å². The lowest BCUT2D eigenvalue weighted by atomic mass is 9.82. The summed E-state index contributed by atoms with van der Waals surface area (Å²) in [6.45, 7) is 3.87. The quantitative estimate of drug-likeness (QED) is 0.808. The monoisotopic (exact) mass is 290 g/mol. The van der Waals surface area contributed by atoms with Crippen molar-refractivity contribution in [3.63, 3.8) is 0 Å². The molecule has 1 aromatic rings. The maximum Gasteiger partial charge on any atom is 0.303 e. The number of rotatable bonds is 7. The molecule has 2 atom stereocenters. The summed E-state index contributed by atoms with van der Waals surface area (Å²) < 4.78 is 0. The number of carbonyl (C=O) groups is 1. The second kappa shape index (κ2) is 8.15. The Kier molecular flexibility index (Phi) is 6.21. The Balaban J connectivity index is 1.78. The van der Waals surface area contributed by atoms with Gasteiger partial charge < -0.3 is 15.3 Å². The van der Waals surface area contributed by atoms with Gasteiger partial charge in [0.1, 0.15) is 0 Å². The lowest BCUT2D eigenvalue weighted by Crippen LogP contribution is -2.39. The normalized spacial score (nSPS) is 22.4. The van der Waals surface area contributed by atoms with Gasteiger partial charge in [-0.15, -0.1) is 0 Å². The van der Waals surface area contributed by atoms with Gasteiger partial charge in [-0.25, -0.2) is 0 Å². The molecule has 0 spiro atoms. The van der Waals surface area contributed by atoms with Crippen molar-refractivity contribution in [3.8, 4) is 0 Å². The van der Waals surface area contributed by atoms with E-state index in [1.165, 1.54) is 5.56 Å². The highest BCUT2D eigenvalue weighted by Gasteiger charge is 2.26. The molecule has 4 heteroatoms. The van der Waals surface area contributed by atoms with E-state index in [9.17, 15) is 4.79 Å². The highest BCUT2D eigenvalue weighted by Crippen LogP contribution is 2.25. The summed E-state index contributed by atoms with van der Waals surface area (Å²) in [5, 5.41) is 12.4. The summed E-state index contributed by atoms with van der Waals surface area (Å²) in [5.74, 6) is 0.145. The third kappa shape index (κ3) is 5.48. The molecular formula is C17H26N2O2. The average molecular weight is 290 g/mol. The van der Waals surface area contributed by atoms with Crippen LogP contribution in [0.3, 0.4) is 0 Å². The van der Waals surface area contributed by atoms with Gasteiger partial charge in [0, 0.05) is 13.0 Å². The van der Waals surface area contributed by atoms with E-state index < -0.39 is 5.97 Å². The van der Waals surface area contributed by atoms with Gasteiger partial charge in [-0.3, -0.25) is 4.79 Å². The minimum atomic E-state index is -0.662. The van der Waals surface area contributed by atoms with Crippen LogP contribution in [0.5, 0.6) is 0 Å². The molecule has 1 saturated heterocycles. The topological polar surface area (TPSA) is 52.6 Å². The van der Waals surface area contributed by atoms with Crippen LogP contribution in [0.4, 0.5) is 0 Å². The average Bonchev–Trinajstić information content (AvgIpc) is 2.47. The van der Waals surface area contributed by atoms with Crippen molar-refractivity contribution >= 4 is 5.97 Å². The fraction of sp³-hybridized carbons (Fsp3) is 0.588. The second-order valence-electron chi connectivity index (χ2n) is 6.12. The van der Waals surface area contributed by atoms with Crippen molar-refractivity contribution in [2.24, 2.45) is 11.8 Å². The molecule has 1 aliphatic heterocycles. The summed E-state index contributed by atoms with van der Waals surface area (Å²) in [5.41, 5.74) is 1.32. The van der Waals surface area contributed by atoms with Crippen molar-refractivity contribution in [2.75, 3.05) is 26.7 Å². The number of carboxylic acids is 1. The fourth-order valence-corrected chi connectivity index (χ4v) is 3.17. The van der Waals surface area contributed by atoms with Crippen molar-refractivity contribution in [1.29, 1.82) is 0 Å². The molecule has 21 heavy (non-hydrogen) atoms. The Bertz CT molecular complexity index is 436. The Morgan fingerprint density at radius 2 is 2.10 bits per heavy atom. The number of nitrogens with one attached hydrogen (secondary N) is 1. The predicted molar refractivity (Wildman–Crippen MR) is 84.1 cm³/mol. The first-order valence-corrected chi connectivity index (χ1v) is 7.80. The smallest absolute Gasteiger partial charge is 0.303 e. The van der Waals surface area contributed by atoms with Gasteiger partial charge in [-0.05, 0) is 56.9 Å². The van der Waals surface area contributed by atoms with Gasteiger partial charge in [-0.2, -0.15) is 0 Å². The van der Waals surface area contributed by atoms with Gasteiger partial charge in [-0.1, -0.05) is 30.3 Å². The SMILES string of the molecule is CN(CC[C@@H]1CNCC[C@@H]1CC(=O)O)Cc1ccccc1. The highest BCUT2D eigenvalue weighted by atomic mass is 16.4. The van der Waals surface area contributed by atoms with Crippen LogP contribution in [0.15, 0.2) is 30.3 Å². The van der Waals surface area contributed by atoms with Crippen LogP contribution in [0.2, 0.25) is 0 Å². The van der Waals surface area contributed by atoms with Crippen LogP contribution in [-0.4, -0.2) is 42.7 Å². The third-order valence-corrected chi connectivity index (χ3v) is 4.38. The summed E-state index contributed by atoms with van der Waals surface area (Å²) in [6, 6.07) is 10.5. The van der Waals surface area contributed by atoms with Crippen molar-refractivity contribution in [3.05, 3.63) is 35.9 Å². The van der Waals surface area contributed by atoms with Crippen molar-refractivity contribution in [1.82, 2.24) is 10.2 Å². The molecule has 0 radical (unpaired) electrons. The summed E-state index contributed by atoms with van der Waals surface area (Å²) in [7, 11) is 2.13. The van der Waals surface area contributed by atoms with E-state index in [1.807, 2.05) is 6.07 Å². The number of nitrogens with zero attached hydrogens (tertiary/aromatic N) is 1. The molecule has 4 nitrogen and oxygen atoms in total. The number of piperidine rings is 1. The van der Waals surface area contributed by atoms with E-state index >= 15 is 0 Å². The zero-order valence-electron chi connectivity index (χ0n) is 12.8. The van der Waals surface area contributed by atoms with E-state index in [0.29, 0.717) is 18.3 Å². The van der Waals surface area contributed by atoms with Gasteiger partial charge in [0.15, 0.2) is 0 Å². The molecule has 116 valence electrons. The third-order valence-electron chi connectivity index (χ3n) is 4.38. The van der Waals surface area contributed by atoms with Gasteiger partial charge in [0.05, 0.1) is 0 Å². The first-order valence-electron chi connectivity index (χ1n) is 7.80. The minimum absolute atomic E-state index is 0.314. The van der Waals surface area contributed by atoms with Crippen LogP contribution in [0, 0.1) is 11.8 Å². The number of carboxylic acid groups (broad SMARTS) is 1. The lowest BCUT2D eigenvalue weighted by molar-refractivity contribution is -0.138.